The molecule has 27 heavy (non-hydrogen) atoms. The van der Waals surface area contributed by atoms with Crippen LogP contribution in [0.25, 0.3) is 0 Å². The predicted octanol–water partition coefficient (Wildman–Crippen LogP) is 1.02. The zero-order valence-electron chi connectivity index (χ0n) is 15.8. The molecular weight excluding hydrogens is 366 g/mol. The van der Waals surface area contributed by atoms with Gasteiger partial charge in [-0.25, -0.2) is 13.1 Å². The Balaban J connectivity index is 1.54. The van der Waals surface area contributed by atoms with E-state index in [0.717, 1.165) is 24.8 Å². The van der Waals surface area contributed by atoms with Crippen molar-refractivity contribution in [3.63, 3.8) is 0 Å². The van der Waals surface area contributed by atoms with Crippen molar-refractivity contribution in [2.24, 2.45) is 11.7 Å². The van der Waals surface area contributed by atoms with Crippen LogP contribution in [0.1, 0.15) is 31.2 Å². The topological polar surface area (TPSA) is 102 Å². The van der Waals surface area contributed by atoms with Gasteiger partial charge in [0.05, 0.1) is 11.0 Å². The lowest BCUT2D eigenvalue weighted by atomic mass is 9.97. The molecular formula is C19H29N3O4S. The standard InChI is InChI=1S/C19H29N3O4S/c1-14-4-7-17(8-5-14)27(24,25)21-12-15-3-2-10-22(13-15)19(23)18-9-6-16(11-20)26-18/h4-5,7-8,15-16,18,21H,2-3,6,9-13,20H2,1H3/t15?,16-,18+/m1/s1. The van der Waals surface area contributed by atoms with Crippen molar-refractivity contribution in [1.82, 2.24) is 9.62 Å². The van der Waals surface area contributed by atoms with Crippen LogP contribution in [0.15, 0.2) is 29.2 Å². The van der Waals surface area contributed by atoms with Gasteiger partial charge in [-0.15, -0.1) is 0 Å². The zero-order chi connectivity index (χ0) is 19.4. The van der Waals surface area contributed by atoms with Crippen molar-refractivity contribution in [2.45, 2.75) is 49.7 Å². The average molecular weight is 396 g/mol. The lowest BCUT2D eigenvalue weighted by Gasteiger charge is -2.34. The Morgan fingerprint density at radius 3 is 2.67 bits per heavy atom. The predicted molar refractivity (Wildman–Crippen MR) is 103 cm³/mol. The van der Waals surface area contributed by atoms with Gasteiger partial charge in [-0.3, -0.25) is 4.79 Å². The van der Waals surface area contributed by atoms with Crippen molar-refractivity contribution in [2.75, 3.05) is 26.2 Å². The summed E-state index contributed by atoms with van der Waals surface area (Å²) in [4.78, 5) is 14.8. The summed E-state index contributed by atoms with van der Waals surface area (Å²) in [5.41, 5.74) is 6.63. The summed E-state index contributed by atoms with van der Waals surface area (Å²) >= 11 is 0. The largest absolute Gasteiger partial charge is 0.364 e. The van der Waals surface area contributed by atoms with E-state index in [1.165, 1.54) is 0 Å². The quantitative estimate of drug-likeness (QED) is 0.749. The first kappa shape index (κ1) is 20.3. The first-order chi connectivity index (χ1) is 12.9. The van der Waals surface area contributed by atoms with Crippen molar-refractivity contribution in [3.05, 3.63) is 29.8 Å². The van der Waals surface area contributed by atoms with Gasteiger partial charge in [-0.2, -0.15) is 0 Å². The summed E-state index contributed by atoms with van der Waals surface area (Å²) in [6.45, 7) is 3.95. The number of carbonyl (C=O) groups excluding carboxylic acids is 1. The van der Waals surface area contributed by atoms with Crippen molar-refractivity contribution >= 4 is 15.9 Å². The smallest absolute Gasteiger partial charge is 0.251 e. The molecule has 1 unspecified atom stereocenters. The molecule has 3 rings (SSSR count). The monoisotopic (exact) mass is 395 g/mol. The number of likely N-dealkylation sites (tertiary alicyclic amines) is 1. The molecule has 2 heterocycles. The van der Waals surface area contributed by atoms with Crippen LogP contribution in [0.4, 0.5) is 0 Å². The normalized spacial score (nSPS) is 26.3. The number of hydrogen-bond acceptors (Lipinski definition) is 5. The van der Waals surface area contributed by atoms with Crippen LogP contribution in [0.3, 0.4) is 0 Å². The number of carbonyl (C=O) groups is 1. The van der Waals surface area contributed by atoms with Gasteiger partial charge < -0.3 is 15.4 Å². The molecule has 3 N–H and O–H groups in total. The lowest BCUT2D eigenvalue weighted by Crippen LogP contribution is -2.47. The second-order valence-electron chi connectivity index (χ2n) is 7.52. The Morgan fingerprint density at radius 2 is 2.00 bits per heavy atom. The minimum atomic E-state index is -3.53. The molecule has 1 aromatic carbocycles. The van der Waals surface area contributed by atoms with Crippen LogP contribution >= 0.6 is 0 Å². The molecule has 0 aromatic heterocycles. The van der Waals surface area contributed by atoms with Gasteiger partial charge in [0.25, 0.3) is 5.91 Å². The summed E-state index contributed by atoms with van der Waals surface area (Å²) in [6.07, 6.45) is 2.87. The van der Waals surface area contributed by atoms with E-state index in [4.69, 9.17) is 10.5 Å². The molecule has 2 saturated heterocycles. The average Bonchev–Trinajstić information content (AvgIpc) is 3.16. The van der Waals surface area contributed by atoms with Crippen molar-refractivity contribution < 1.29 is 17.9 Å². The molecule has 0 bridgehead atoms. The van der Waals surface area contributed by atoms with Gasteiger partial charge in [0, 0.05) is 26.2 Å². The molecule has 0 saturated carbocycles. The SMILES string of the molecule is Cc1ccc(S(=O)(=O)NCC2CCCN(C(=O)[C@@H]3CC[C@H](CN)O3)C2)cc1. The number of benzene rings is 1. The second kappa shape index (κ2) is 8.68. The van der Waals surface area contributed by atoms with Crippen LogP contribution in [0.5, 0.6) is 0 Å². The molecule has 0 radical (unpaired) electrons. The Bertz CT molecular complexity index is 751. The van der Waals surface area contributed by atoms with E-state index in [-0.39, 0.29) is 22.8 Å². The van der Waals surface area contributed by atoms with E-state index in [0.29, 0.717) is 32.6 Å². The number of nitrogens with zero attached hydrogens (tertiary/aromatic N) is 1. The maximum absolute atomic E-state index is 12.7. The zero-order valence-corrected chi connectivity index (χ0v) is 16.6. The fourth-order valence-electron chi connectivity index (χ4n) is 3.72. The number of nitrogens with one attached hydrogen (secondary N) is 1. The maximum atomic E-state index is 12.7. The van der Waals surface area contributed by atoms with Gasteiger partial charge in [-0.05, 0) is 50.7 Å². The minimum absolute atomic E-state index is 0.0111. The summed E-state index contributed by atoms with van der Waals surface area (Å²) in [7, 11) is -3.53. The molecule has 8 heteroatoms. The third-order valence-electron chi connectivity index (χ3n) is 5.37. The number of sulfonamides is 1. The summed E-state index contributed by atoms with van der Waals surface area (Å²) in [5, 5.41) is 0. The van der Waals surface area contributed by atoms with Crippen LogP contribution in [0, 0.1) is 12.8 Å². The maximum Gasteiger partial charge on any atom is 0.251 e. The Labute approximate surface area is 161 Å². The van der Waals surface area contributed by atoms with Gasteiger partial charge >= 0.3 is 0 Å². The first-order valence-electron chi connectivity index (χ1n) is 9.59. The molecule has 2 aliphatic heterocycles. The minimum Gasteiger partial charge on any atom is -0.364 e. The Hall–Kier alpha value is -1.48. The van der Waals surface area contributed by atoms with E-state index in [2.05, 4.69) is 4.72 Å². The second-order valence-corrected chi connectivity index (χ2v) is 9.28. The highest BCUT2D eigenvalue weighted by molar-refractivity contribution is 7.89. The number of rotatable bonds is 6. The van der Waals surface area contributed by atoms with Gasteiger partial charge in [0.2, 0.25) is 10.0 Å². The van der Waals surface area contributed by atoms with Crippen LogP contribution in [-0.4, -0.2) is 57.6 Å². The van der Waals surface area contributed by atoms with E-state index >= 15 is 0 Å². The van der Waals surface area contributed by atoms with Crippen LogP contribution < -0.4 is 10.5 Å². The van der Waals surface area contributed by atoms with Gasteiger partial charge in [0.15, 0.2) is 0 Å². The number of nitrogens with two attached hydrogens (primary N) is 1. The van der Waals surface area contributed by atoms with Gasteiger partial charge in [-0.1, -0.05) is 17.7 Å². The third kappa shape index (κ3) is 5.07. The highest BCUT2D eigenvalue weighted by atomic mass is 32.2. The number of hydrogen-bond donors (Lipinski definition) is 2. The molecule has 0 aliphatic carbocycles. The molecule has 3 atom stereocenters. The first-order valence-corrected chi connectivity index (χ1v) is 11.1. The summed E-state index contributed by atoms with van der Waals surface area (Å²) < 4.78 is 33.3. The highest BCUT2D eigenvalue weighted by Gasteiger charge is 2.35. The fourth-order valence-corrected chi connectivity index (χ4v) is 4.84. The van der Waals surface area contributed by atoms with Crippen molar-refractivity contribution in [1.29, 1.82) is 0 Å². The molecule has 1 amide bonds. The number of aryl methyl sites for hydroxylation is 1. The molecule has 2 fully saturated rings. The molecule has 2 aliphatic rings. The molecule has 0 spiro atoms. The molecule has 1 aromatic rings. The molecule has 150 valence electrons. The summed E-state index contributed by atoms with van der Waals surface area (Å²) in [6, 6.07) is 6.79. The summed E-state index contributed by atoms with van der Waals surface area (Å²) in [5.74, 6) is 0.117. The number of piperidine rings is 1. The van der Waals surface area contributed by atoms with Gasteiger partial charge in [0.1, 0.15) is 6.10 Å². The van der Waals surface area contributed by atoms with Crippen LogP contribution in [-0.2, 0) is 19.6 Å². The highest BCUT2D eigenvalue weighted by Crippen LogP contribution is 2.24. The van der Waals surface area contributed by atoms with E-state index in [9.17, 15) is 13.2 Å². The van der Waals surface area contributed by atoms with Crippen LogP contribution in [0.2, 0.25) is 0 Å². The van der Waals surface area contributed by atoms with E-state index < -0.39 is 16.1 Å². The Kier molecular flexibility index (Phi) is 6.52. The molecule has 7 nitrogen and oxygen atoms in total. The third-order valence-corrected chi connectivity index (χ3v) is 6.81. The Morgan fingerprint density at radius 1 is 1.26 bits per heavy atom. The lowest BCUT2D eigenvalue weighted by molar-refractivity contribution is -0.144. The van der Waals surface area contributed by atoms with Crippen molar-refractivity contribution in [3.8, 4) is 0 Å². The number of ether oxygens (including phenoxy) is 1. The fraction of sp³-hybridized carbons (Fsp3) is 0.632. The van der Waals surface area contributed by atoms with E-state index in [1.807, 2.05) is 11.8 Å². The van der Waals surface area contributed by atoms with E-state index in [1.54, 1.807) is 24.3 Å². The number of amides is 1.